The molecule has 1 heterocycles. The fourth-order valence-corrected chi connectivity index (χ4v) is 2.37. The van der Waals surface area contributed by atoms with Gasteiger partial charge in [0.15, 0.2) is 0 Å². The summed E-state index contributed by atoms with van der Waals surface area (Å²) in [7, 11) is 0. The minimum absolute atomic E-state index is 0.0101. The van der Waals surface area contributed by atoms with Crippen molar-refractivity contribution in [3.63, 3.8) is 0 Å². The first-order valence-electron chi connectivity index (χ1n) is 6.09. The molecule has 0 aliphatic carbocycles. The zero-order valence-corrected chi connectivity index (χ0v) is 11.1. The molecule has 0 spiro atoms. The highest BCUT2D eigenvalue weighted by atomic mass is 35.5. The Kier molecular flexibility index (Phi) is 4.19. The summed E-state index contributed by atoms with van der Waals surface area (Å²) >= 11 is 5.90. The molecule has 0 aromatic heterocycles. The van der Waals surface area contributed by atoms with Crippen LogP contribution in [0.1, 0.15) is 17.3 Å². The van der Waals surface area contributed by atoms with Crippen LogP contribution in [-0.4, -0.2) is 48.4 Å². The summed E-state index contributed by atoms with van der Waals surface area (Å²) in [6, 6.07) is 4.31. The van der Waals surface area contributed by atoms with E-state index in [1.165, 1.54) is 12.1 Å². The van der Waals surface area contributed by atoms with Gasteiger partial charge in [-0.25, -0.2) is 4.39 Å². The van der Waals surface area contributed by atoms with Crippen LogP contribution in [0.3, 0.4) is 0 Å². The number of piperazine rings is 1. The average molecular weight is 271 g/mol. The van der Waals surface area contributed by atoms with Crippen LogP contribution in [0.2, 0.25) is 5.02 Å². The van der Waals surface area contributed by atoms with Crippen LogP contribution < -0.4 is 0 Å². The van der Waals surface area contributed by atoms with Gasteiger partial charge in [0.25, 0.3) is 5.91 Å². The van der Waals surface area contributed by atoms with Crippen molar-refractivity contribution in [3.8, 4) is 0 Å². The van der Waals surface area contributed by atoms with Crippen molar-refractivity contribution >= 4 is 17.5 Å². The Morgan fingerprint density at radius 3 is 2.56 bits per heavy atom. The van der Waals surface area contributed by atoms with Crippen molar-refractivity contribution in [1.29, 1.82) is 0 Å². The summed E-state index contributed by atoms with van der Waals surface area (Å²) in [6.45, 7) is 5.96. The van der Waals surface area contributed by atoms with Crippen LogP contribution in [0.25, 0.3) is 0 Å². The smallest absolute Gasteiger partial charge is 0.258 e. The zero-order chi connectivity index (χ0) is 13.1. The third-order valence-electron chi connectivity index (χ3n) is 3.28. The average Bonchev–Trinajstić information content (AvgIpc) is 2.38. The Bertz CT molecular complexity index is 424. The molecule has 98 valence electrons. The van der Waals surface area contributed by atoms with E-state index in [-0.39, 0.29) is 16.5 Å². The maximum Gasteiger partial charge on any atom is 0.258 e. The first kappa shape index (κ1) is 13.3. The topological polar surface area (TPSA) is 23.6 Å². The number of carbonyl (C=O) groups is 1. The molecule has 5 heteroatoms. The molecule has 1 aromatic rings. The largest absolute Gasteiger partial charge is 0.336 e. The standard InChI is InChI=1S/C13H16ClFN2O/c1-2-16-6-8-17(9-7-16)13(18)12-10(14)4-3-5-11(12)15/h3-5H,2,6-9H2,1H3. The van der Waals surface area contributed by atoms with E-state index in [4.69, 9.17) is 11.6 Å². The van der Waals surface area contributed by atoms with Gasteiger partial charge in [-0.2, -0.15) is 0 Å². The van der Waals surface area contributed by atoms with Crippen LogP contribution in [0.5, 0.6) is 0 Å². The highest BCUT2D eigenvalue weighted by molar-refractivity contribution is 6.33. The molecule has 0 unspecified atom stereocenters. The lowest BCUT2D eigenvalue weighted by Crippen LogP contribution is -2.48. The second-order valence-electron chi connectivity index (χ2n) is 4.32. The Morgan fingerprint density at radius 1 is 1.33 bits per heavy atom. The maximum absolute atomic E-state index is 13.7. The summed E-state index contributed by atoms with van der Waals surface area (Å²) < 4.78 is 13.7. The van der Waals surface area contributed by atoms with Gasteiger partial charge in [0, 0.05) is 26.2 Å². The number of likely N-dealkylation sites (N-methyl/N-ethyl adjacent to an activating group) is 1. The zero-order valence-electron chi connectivity index (χ0n) is 10.3. The van der Waals surface area contributed by atoms with Gasteiger partial charge in [-0.3, -0.25) is 4.79 Å². The second kappa shape index (κ2) is 5.67. The SMILES string of the molecule is CCN1CCN(C(=O)c2c(F)cccc2Cl)CC1. The summed E-state index contributed by atoms with van der Waals surface area (Å²) in [4.78, 5) is 16.1. The second-order valence-corrected chi connectivity index (χ2v) is 4.73. The first-order chi connectivity index (χ1) is 8.63. The number of hydrogen-bond donors (Lipinski definition) is 0. The van der Waals surface area contributed by atoms with E-state index in [2.05, 4.69) is 11.8 Å². The molecule has 1 aliphatic rings. The fraction of sp³-hybridized carbons (Fsp3) is 0.462. The van der Waals surface area contributed by atoms with Crippen molar-refractivity contribution in [1.82, 2.24) is 9.80 Å². The molecular weight excluding hydrogens is 255 g/mol. The Hall–Kier alpha value is -1.13. The fourth-order valence-electron chi connectivity index (χ4n) is 2.13. The lowest BCUT2D eigenvalue weighted by atomic mass is 10.1. The predicted molar refractivity (Wildman–Crippen MR) is 69.4 cm³/mol. The van der Waals surface area contributed by atoms with Crippen LogP contribution in [0.4, 0.5) is 4.39 Å². The highest BCUT2D eigenvalue weighted by Crippen LogP contribution is 2.21. The minimum atomic E-state index is -0.551. The van der Waals surface area contributed by atoms with E-state index in [0.717, 1.165) is 19.6 Å². The van der Waals surface area contributed by atoms with Crippen molar-refractivity contribution in [3.05, 3.63) is 34.6 Å². The van der Waals surface area contributed by atoms with E-state index < -0.39 is 5.82 Å². The van der Waals surface area contributed by atoms with Gasteiger partial charge in [-0.15, -0.1) is 0 Å². The van der Waals surface area contributed by atoms with Gasteiger partial charge in [-0.05, 0) is 18.7 Å². The number of nitrogens with zero attached hydrogens (tertiary/aromatic N) is 2. The van der Waals surface area contributed by atoms with Crippen LogP contribution in [-0.2, 0) is 0 Å². The summed E-state index contributed by atoms with van der Waals surface area (Å²) in [5.74, 6) is -0.862. The molecule has 0 N–H and O–H groups in total. The van der Waals surface area contributed by atoms with Crippen molar-refractivity contribution < 1.29 is 9.18 Å². The number of rotatable bonds is 2. The molecule has 1 amide bonds. The molecule has 2 rings (SSSR count). The Balaban J connectivity index is 2.13. The lowest BCUT2D eigenvalue weighted by Gasteiger charge is -2.34. The van der Waals surface area contributed by atoms with Gasteiger partial charge >= 0.3 is 0 Å². The third-order valence-corrected chi connectivity index (χ3v) is 3.60. The van der Waals surface area contributed by atoms with Gasteiger partial charge in [-0.1, -0.05) is 24.6 Å². The van der Waals surface area contributed by atoms with E-state index in [1.54, 1.807) is 11.0 Å². The maximum atomic E-state index is 13.7. The van der Waals surface area contributed by atoms with E-state index in [1.807, 2.05) is 0 Å². The quantitative estimate of drug-likeness (QED) is 0.823. The molecular formula is C13H16ClFN2O. The number of carbonyl (C=O) groups excluding carboxylic acids is 1. The third kappa shape index (κ3) is 2.65. The van der Waals surface area contributed by atoms with Crippen LogP contribution in [0, 0.1) is 5.82 Å². The monoisotopic (exact) mass is 270 g/mol. The van der Waals surface area contributed by atoms with E-state index in [9.17, 15) is 9.18 Å². The molecule has 3 nitrogen and oxygen atoms in total. The van der Waals surface area contributed by atoms with Gasteiger partial charge in [0.2, 0.25) is 0 Å². The van der Waals surface area contributed by atoms with E-state index in [0.29, 0.717) is 13.1 Å². The molecule has 1 saturated heterocycles. The van der Waals surface area contributed by atoms with Gasteiger partial charge in [0.05, 0.1) is 10.6 Å². The molecule has 1 aromatic carbocycles. The van der Waals surface area contributed by atoms with Gasteiger partial charge < -0.3 is 9.80 Å². The molecule has 0 bridgehead atoms. The Morgan fingerprint density at radius 2 is 2.00 bits per heavy atom. The lowest BCUT2D eigenvalue weighted by molar-refractivity contribution is 0.0639. The summed E-state index contributed by atoms with van der Waals surface area (Å²) in [5.41, 5.74) is -0.0101. The number of amides is 1. The van der Waals surface area contributed by atoms with Crippen molar-refractivity contribution in [2.24, 2.45) is 0 Å². The number of hydrogen-bond acceptors (Lipinski definition) is 2. The summed E-state index contributed by atoms with van der Waals surface area (Å²) in [5, 5.41) is 0.179. The van der Waals surface area contributed by atoms with Crippen LogP contribution >= 0.6 is 11.6 Å². The first-order valence-corrected chi connectivity index (χ1v) is 6.47. The van der Waals surface area contributed by atoms with Gasteiger partial charge in [0.1, 0.15) is 5.82 Å². The molecule has 1 fully saturated rings. The van der Waals surface area contributed by atoms with Crippen molar-refractivity contribution in [2.75, 3.05) is 32.7 Å². The Labute approximate surface area is 111 Å². The minimum Gasteiger partial charge on any atom is -0.336 e. The van der Waals surface area contributed by atoms with Crippen molar-refractivity contribution in [2.45, 2.75) is 6.92 Å². The molecule has 0 radical (unpaired) electrons. The molecule has 0 saturated carbocycles. The molecule has 1 aliphatic heterocycles. The molecule has 18 heavy (non-hydrogen) atoms. The van der Waals surface area contributed by atoms with Crippen LogP contribution in [0.15, 0.2) is 18.2 Å². The number of halogens is 2. The molecule has 0 atom stereocenters. The number of benzene rings is 1. The predicted octanol–water partition coefficient (Wildman–Crippen LogP) is 2.26. The van der Waals surface area contributed by atoms with E-state index >= 15 is 0 Å². The normalized spacial score (nSPS) is 16.9. The highest BCUT2D eigenvalue weighted by Gasteiger charge is 2.25. The summed E-state index contributed by atoms with van der Waals surface area (Å²) in [6.07, 6.45) is 0.